The number of nitrogens with one attached hydrogen (secondary N) is 2. The number of benzene rings is 4. The zero-order chi connectivity index (χ0) is 32.4. The molecule has 1 aliphatic rings. The molecule has 4 aromatic rings. The van der Waals surface area contributed by atoms with Gasteiger partial charge in [-0.1, -0.05) is 54.6 Å². The second kappa shape index (κ2) is 15.3. The molecule has 0 aliphatic carbocycles. The number of carbonyl (C=O) groups excluding carboxylic acids is 1. The summed E-state index contributed by atoms with van der Waals surface area (Å²) >= 11 is 0. The van der Waals surface area contributed by atoms with Crippen LogP contribution in [-0.4, -0.2) is 42.8 Å². The summed E-state index contributed by atoms with van der Waals surface area (Å²) in [5.41, 5.74) is 6.58. The van der Waals surface area contributed by atoms with Crippen LogP contribution in [-0.2, 0) is 16.1 Å². The summed E-state index contributed by atoms with van der Waals surface area (Å²) in [4.78, 5) is 19.2. The molecule has 4 aromatic carbocycles. The van der Waals surface area contributed by atoms with E-state index in [0.29, 0.717) is 41.2 Å². The summed E-state index contributed by atoms with van der Waals surface area (Å²) in [5.74, 6) is -0.481. The fourth-order valence-corrected chi connectivity index (χ4v) is 5.11. The first-order chi connectivity index (χ1) is 22.4. The van der Waals surface area contributed by atoms with Gasteiger partial charge in [0.15, 0.2) is 11.6 Å². The summed E-state index contributed by atoms with van der Waals surface area (Å²) in [7, 11) is 1.56. The molecule has 0 radical (unpaired) electrons. The highest BCUT2D eigenvalue weighted by molar-refractivity contribution is 6.01. The number of hydrogen-bond acceptors (Lipinski definition) is 7. The second-order valence-corrected chi connectivity index (χ2v) is 10.7. The van der Waals surface area contributed by atoms with Gasteiger partial charge in [0.25, 0.3) is 5.91 Å². The summed E-state index contributed by atoms with van der Waals surface area (Å²) in [6.07, 6.45) is 3.57. The summed E-state index contributed by atoms with van der Waals surface area (Å²) in [5, 5.41) is 9.05. The minimum Gasteiger partial charge on any atom is -0.497 e. The van der Waals surface area contributed by atoms with E-state index >= 15 is 0 Å². The molecule has 5 rings (SSSR count). The first kappa shape index (κ1) is 32.3. The highest BCUT2D eigenvalue weighted by Gasteiger charge is 2.52. The van der Waals surface area contributed by atoms with Crippen molar-refractivity contribution in [3.05, 3.63) is 137 Å². The quantitative estimate of drug-likeness (QED) is 0.119. The Bertz CT molecular complexity index is 1660. The van der Waals surface area contributed by atoms with Crippen molar-refractivity contribution >= 4 is 17.9 Å². The van der Waals surface area contributed by atoms with Crippen LogP contribution in [0.3, 0.4) is 0 Å². The van der Waals surface area contributed by atoms with Gasteiger partial charge in [-0.2, -0.15) is 0 Å². The predicted octanol–water partition coefficient (Wildman–Crippen LogP) is 5.92. The lowest BCUT2D eigenvalue weighted by Crippen LogP contribution is -2.52. The molecule has 0 saturated heterocycles. The van der Waals surface area contributed by atoms with Crippen molar-refractivity contribution < 1.29 is 32.9 Å². The maximum absolute atomic E-state index is 14.2. The van der Waals surface area contributed by atoms with E-state index in [1.165, 1.54) is 12.1 Å². The topological polar surface area (TPSA) is 101 Å². The molecule has 0 unspecified atom stereocenters. The molecule has 2 atom stereocenters. The van der Waals surface area contributed by atoms with Gasteiger partial charge in [0, 0.05) is 37.6 Å². The smallest absolute Gasteiger partial charge is 0.266 e. The first-order valence-corrected chi connectivity index (χ1v) is 14.8. The van der Waals surface area contributed by atoms with Gasteiger partial charge in [0.05, 0.1) is 13.7 Å². The largest absolute Gasteiger partial charge is 0.497 e. The molecule has 1 amide bonds. The number of aliphatic hydroxyl groups is 1. The third-order valence-corrected chi connectivity index (χ3v) is 7.38. The Balaban J connectivity index is 1.50. The van der Waals surface area contributed by atoms with Gasteiger partial charge in [0.1, 0.15) is 23.1 Å². The Morgan fingerprint density at radius 2 is 1.74 bits per heavy atom. The van der Waals surface area contributed by atoms with Gasteiger partial charge >= 0.3 is 0 Å². The molecule has 3 N–H and O–H groups in total. The highest BCUT2D eigenvalue weighted by Crippen LogP contribution is 2.43. The first-order valence-electron chi connectivity index (χ1n) is 14.8. The van der Waals surface area contributed by atoms with Gasteiger partial charge in [-0.3, -0.25) is 10.2 Å². The van der Waals surface area contributed by atoms with Crippen molar-refractivity contribution in [2.45, 2.75) is 31.0 Å². The molecule has 46 heavy (non-hydrogen) atoms. The number of ether oxygens (including phenoxy) is 3. The highest BCUT2D eigenvalue weighted by atomic mass is 19.1. The predicted molar refractivity (Wildman–Crippen MR) is 171 cm³/mol. The van der Waals surface area contributed by atoms with E-state index < -0.39 is 29.2 Å². The van der Waals surface area contributed by atoms with Crippen LogP contribution in [0.2, 0.25) is 0 Å². The Morgan fingerprint density at radius 3 is 2.46 bits per heavy atom. The molecule has 8 nitrogen and oxygen atoms in total. The zero-order valence-corrected chi connectivity index (χ0v) is 25.3. The fourth-order valence-electron chi connectivity index (χ4n) is 5.11. The molecule has 10 heteroatoms. The average Bonchev–Trinajstić information content (AvgIpc) is 3.46. The molecule has 1 aliphatic heterocycles. The number of nitrogens with zero attached hydrogens (tertiary/aromatic N) is 1. The van der Waals surface area contributed by atoms with Crippen molar-refractivity contribution in [3.8, 4) is 11.5 Å². The summed E-state index contributed by atoms with van der Waals surface area (Å²) < 4.78 is 45.2. The van der Waals surface area contributed by atoms with E-state index in [4.69, 9.17) is 24.3 Å². The molecule has 1 heterocycles. The molecule has 238 valence electrons. The van der Waals surface area contributed by atoms with E-state index in [9.17, 15) is 13.6 Å². The number of hydrogen-bond donors (Lipinski definition) is 3. The standard InChI is InChI=1S/C36H35F2N3O5/c1-44-32-12-5-11-28(22-32)33-36(17-6-10-25-8-3-2-4-9-25,35(43)41-39-24-26-20-29(37)23-30(38)21-26)40-34(46-33)27-13-15-31(16-14-27)45-19-7-18-42/h2-6,8-16,20-23,33,39,42H,7,17-19,24H2,1H3,(H,41,43)/b10-6+/t33-,36-/m0/s1. The van der Waals surface area contributed by atoms with Crippen LogP contribution in [0.25, 0.3) is 6.08 Å². The molecule has 0 bridgehead atoms. The summed E-state index contributed by atoms with van der Waals surface area (Å²) in [6.45, 7) is 0.373. The van der Waals surface area contributed by atoms with Crippen molar-refractivity contribution in [2.75, 3.05) is 20.3 Å². The van der Waals surface area contributed by atoms with Gasteiger partial charge in [-0.25, -0.2) is 19.2 Å². The fraction of sp³-hybridized carbons (Fsp3) is 0.222. The monoisotopic (exact) mass is 627 g/mol. The third kappa shape index (κ3) is 7.96. The third-order valence-electron chi connectivity index (χ3n) is 7.38. The van der Waals surface area contributed by atoms with E-state index in [1.807, 2.05) is 54.6 Å². The minimum atomic E-state index is -1.50. The average molecular weight is 628 g/mol. The lowest BCUT2D eigenvalue weighted by Gasteiger charge is -2.30. The maximum Gasteiger partial charge on any atom is 0.266 e. The van der Waals surface area contributed by atoms with E-state index in [1.54, 1.807) is 43.5 Å². The van der Waals surface area contributed by atoms with Crippen molar-refractivity contribution in [2.24, 2.45) is 4.99 Å². The lowest BCUT2D eigenvalue weighted by atomic mass is 9.84. The molecular weight excluding hydrogens is 592 g/mol. The van der Waals surface area contributed by atoms with Crippen LogP contribution in [0.1, 0.15) is 41.2 Å². The molecular formula is C36H35F2N3O5. The zero-order valence-electron chi connectivity index (χ0n) is 25.3. The minimum absolute atomic E-state index is 0.0324. The number of hydrazine groups is 1. The maximum atomic E-state index is 14.2. The number of aliphatic hydroxyl groups excluding tert-OH is 1. The van der Waals surface area contributed by atoms with Gasteiger partial charge in [-0.05, 0) is 65.2 Å². The lowest BCUT2D eigenvalue weighted by molar-refractivity contribution is -0.129. The van der Waals surface area contributed by atoms with Crippen LogP contribution in [0, 0.1) is 11.6 Å². The van der Waals surface area contributed by atoms with Gasteiger partial charge in [0.2, 0.25) is 5.90 Å². The van der Waals surface area contributed by atoms with Crippen molar-refractivity contribution in [1.29, 1.82) is 0 Å². The second-order valence-electron chi connectivity index (χ2n) is 10.7. The molecule has 0 fully saturated rings. The summed E-state index contributed by atoms with van der Waals surface area (Å²) in [6, 6.07) is 27.2. The van der Waals surface area contributed by atoms with Gasteiger partial charge in [-0.15, -0.1) is 0 Å². The Kier molecular flexibility index (Phi) is 10.7. The van der Waals surface area contributed by atoms with Crippen LogP contribution in [0.4, 0.5) is 8.78 Å². The Hall–Kier alpha value is -5.06. The van der Waals surface area contributed by atoms with E-state index in [-0.39, 0.29) is 25.5 Å². The van der Waals surface area contributed by atoms with Crippen molar-refractivity contribution in [3.63, 3.8) is 0 Å². The number of methoxy groups -OCH3 is 1. The van der Waals surface area contributed by atoms with Crippen LogP contribution in [0.15, 0.2) is 108 Å². The van der Waals surface area contributed by atoms with Gasteiger partial charge < -0.3 is 19.3 Å². The number of carbonyl (C=O) groups is 1. The molecule has 0 aromatic heterocycles. The molecule has 0 spiro atoms. The Morgan fingerprint density at radius 1 is 0.978 bits per heavy atom. The number of halogens is 2. The van der Waals surface area contributed by atoms with Crippen LogP contribution < -0.4 is 20.3 Å². The number of aliphatic imine (C=N–C) groups is 1. The normalized spacial score (nSPS) is 17.4. The number of amides is 1. The van der Waals surface area contributed by atoms with Crippen LogP contribution >= 0.6 is 0 Å². The SMILES string of the molecule is COc1cccc([C@@H]2OC(c3ccc(OCCCO)cc3)=N[C@]2(C/C=C/c2ccccc2)C(=O)NNCc2cc(F)cc(F)c2)c1. The molecule has 0 saturated carbocycles. The Labute approximate surface area is 266 Å². The van der Waals surface area contributed by atoms with E-state index in [0.717, 1.165) is 11.6 Å². The van der Waals surface area contributed by atoms with Crippen molar-refractivity contribution in [1.82, 2.24) is 10.9 Å². The number of rotatable bonds is 14. The van der Waals surface area contributed by atoms with Crippen LogP contribution in [0.5, 0.6) is 11.5 Å². The van der Waals surface area contributed by atoms with E-state index in [2.05, 4.69) is 10.9 Å².